The zero-order chi connectivity index (χ0) is 11.5. The molecular weight excluding hydrogens is 209 g/mol. The van der Waals surface area contributed by atoms with Gasteiger partial charge in [0.05, 0.1) is 5.56 Å². The van der Waals surface area contributed by atoms with Crippen molar-refractivity contribution in [1.82, 2.24) is 5.32 Å². The molecule has 0 amide bonds. The van der Waals surface area contributed by atoms with Gasteiger partial charge in [-0.25, -0.2) is 4.39 Å². The molecule has 16 heavy (non-hydrogen) atoms. The molecule has 2 rings (SSSR count). The number of Topliss-reactive ketones (excluding diaryl/α,β-unsaturated/α-hetero) is 1. The smallest absolute Gasteiger partial charge is 0.169 e. The molecule has 3 nitrogen and oxygen atoms in total. The van der Waals surface area contributed by atoms with Crippen LogP contribution in [0.5, 0.6) is 5.75 Å². The standard InChI is InChI=1S/C12H14FNO2/c13-9-1-2-11(15)10(7-9)12(16)8-3-5-14-6-4-8/h1-2,7-8,14-15H,3-6H2. The molecule has 86 valence electrons. The number of carbonyl (C=O) groups is 1. The molecule has 0 spiro atoms. The number of rotatable bonds is 2. The van der Waals surface area contributed by atoms with Crippen LogP contribution in [0.3, 0.4) is 0 Å². The Bertz CT molecular complexity index is 400. The van der Waals surface area contributed by atoms with Crippen molar-refractivity contribution in [3.63, 3.8) is 0 Å². The minimum Gasteiger partial charge on any atom is -0.507 e. The molecule has 0 atom stereocenters. The van der Waals surface area contributed by atoms with Crippen LogP contribution in [0, 0.1) is 11.7 Å². The van der Waals surface area contributed by atoms with Crippen LogP contribution < -0.4 is 5.32 Å². The van der Waals surface area contributed by atoms with Gasteiger partial charge in [-0.3, -0.25) is 4.79 Å². The predicted molar refractivity (Wildman–Crippen MR) is 58.0 cm³/mol. The van der Waals surface area contributed by atoms with Gasteiger partial charge in [0.1, 0.15) is 11.6 Å². The number of phenolic OH excluding ortho intramolecular Hbond substituents is 1. The Kier molecular flexibility index (Phi) is 3.19. The molecule has 0 unspecified atom stereocenters. The first-order valence-electron chi connectivity index (χ1n) is 5.42. The summed E-state index contributed by atoms with van der Waals surface area (Å²) in [5.74, 6) is -0.882. The van der Waals surface area contributed by atoms with Crippen molar-refractivity contribution in [2.75, 3.05) is 13.1 Å². The van der Waals surface area contributed by atoms with Gasteiger partial charge in [-0.2, -0.15) is 0 Å². The highest BCUT2D eigenvalue weighted by molar-refractivity contribution is 6.00. The van der Waals surface area contributed by atoms with E-state index in [1.54, 1.807) is 0 Å². The third-order valence-corrected chi connectivity index (χ3v) is 2.93. The summed E-state index contributed by atoms with van der Waals surface area (Å²) in [7, 11) is 0. The van der Waals surface area contributed by atoms with Crippen LogP contribution in [-0.2, 0) is 0 Å². The fraction of sp³-hybridized carbons (Fsp3) is 0.417. The average molecular weight is 223 g/mol. The minimum absolute atomic E-state index is 0.103. The maximum atomic E-state index is 13.0. The topological polar surface area (TPSA) is 49.3 Å². The molecule has 1 aromatic rings. The van der Waals surface area contributed by atoms with Gasteiger partial charge in [0.25, 0.3) is 0 Å². The highest BCUT2D eigenvalue weighted by Crippen LogP contribution is 2.25. The lowest BCUT2D eigenvalue weighted by Crippen LogP contribution is -2.31. The van der Waals surface area contributed by atoms with Gasteiger partial charge in [0.15, 0.2) is 5.78 Å². The lowest BCUT2D eigenvalue weighted by molar-refractivity contribution is 0.0892. The Morgan fingerprint density at radius 3 is 2.75 bits per heavy atom. The van der Waals surface area contributed by atoms with Crippen LogP contribution in [0.1, 0.15) is 23.2 Å². The highest BCUT2D eigenvalue weighted by Gasteiger charge is 2.24. The molecule has 2 N–H and O–H groups in total. The van der Waals surface area contributed by atoms with E-state index in [9.17, 15) is 14.3 Å². The fourth-order valence-electron chi connectivity index (χ4n) is 2.01. The first-order chi connectivity index (χ1) is 7.68. The zero-order valence-electron chi connectivity index (χ0n) is 8.87. The Balaban J connectivity index is 2.22. The number of benzene rings is 1. The van der Waals surface area contributed by atoms with Gasteiger partial charge in [-0.1, -0.05) is 0 Å². The molecule has 4 heteroatoms. The Morgan fingerprint density at radius 1 is 1.38 bits per heavy atom. The monoisotopic (exact) mass is 223 g/mol. The second-order valence-corrected chi connectivity index (χ2v) is 4.05. The molecule has 0 saturated carbocycles. The quantitative estimate of drug-likeness (QED) is 0.750. The number of piperidine rings is 1. The van der Waals surface area contributed by atoms with E-state index < -0.39 is 5.82 Å². The summed E-state index contributed by atoms with van der Waals surface area (Å²) in [6.07, 6.45) is 1.49. The summed E-state index contributed by atoms with van der Waals surface area (Å²) in [5.41, 5.74) is 0.104. The number of hydrogen-bond acceptors (Lipinski definition) is 3. The largest absolute Gasteiger partial charge is 0.507 e. The van der Waals surface area contributed by atoms with Crippen molar-refractivity contribution in [3.8, 4) is 5.75 Å². The molecule has 0 aliphatic carbocycles. The van der Waals surface area contributed by atoms with Crippen LogP contribution in [0.25, 0.3) is 0 Å². The van der Waals surface area contributed by atoms with Crippen molar-refractivity contribution < 1.29 is 14.3 Å². The van der Waals surface area contributed by atoms with Crippen molar-refractivity contribution in [1.29, 1.82) is 0 Å². The third kappa shape index (κ3) is 2.22. The normalized spacial score (nSPS) is 17.3. The highest BCUT2D eigenvalue weighted by atomic mass is 19.1. The van der Waals surface area contributed by atoms with E-state index in [-0.39, 0.29) is 23.0 Å². The zero-order valence-corrected chi connectivity index (χ0v) is 8.87. The van der Waals surface area contributed by atoms with Crippen molar-refractivity contribution in [2.24, 2.45) is 5.92 Å². The molecule has 0 aromatic heterocycles. The van der Waals surface area contributed by atoms with Crippen molar-refractivity contribution >= 4 is 5.78 Å². The van der Waals surface area contributed by atoms with E-state index in [1.165, 1.54) is 6.07 Å². The molecule has 1 saturated heterocycles. The average Bonchev–Trinajstić information content (AvgIpc) is 2.32. The number of halogens is 1. The van der Waals surface area contributed by atoms with Crippen molar-refractivity contribution in [3.05, 3.63) is 29.6 Å². The maximum absolute atomic E-state index is 13.0. The second-order valence-electron chi connectivity index (χ2n) is 4.05. The minimum atomic E-state index is -0.491. The fourth-order valence-corrected chi connectivity index (χ4v) is 2.01. The van der Waals surface area contributed by atoms with E-state index in [0.717, 1.165) is 38.1 Å². The number of aromatic hydroxyl groups is 1. The van der Waals surface area contributed by atoms with Crippen LogP contribution in [0.2, 0.25) is 0 Å². The molecule has 1 heterocycles. The number of hydrogen-bond donors (Lipinski definition) is 2. The molecular formula is C12H14FNO2. The van der Waals surface area contributed by atoms with Crippen molar-refractivity contribution in [2.45, 2.75) is 12.8 Å². The summed E-state index contributed by atoms with van der Waals surface area (Å²) in [4.78, 5) is 12.0. The number of phenols is 1. The van der Waals surface area contributed by atoms with E-state index in [2.05, 4.69) is 5.32 Å². The van der Waals surface area contributed by atoms with E-state index in [4.69, 9.17) is 0 Å². The van der Waals surface area contributed by atoms with E-state index in [1.807, 2.05) is 0 Å². The molecule has 1 aliphatic rings. The lowest BCUT2D eigenvalue weighted by atomic mass is 9.89. The Hall–Kier alpha value is -1.42. The maximum Gasteiger partial charge on any atom is 0.169 e. The number of ketones is 1. The molecule has 0 radical (unpaired) electrons. The SMILES string of the molecule is O=C(c1cc(F)ccc1O)C1CCNCC1. The summed E-state index contributed by atoms with van der Waals surface area (Å²) >= 11 is 0. The molecule has 1 aromatic carbocycles. The predicted octanol–water partition coefficient (Wildman–Crippen LogP) is 1.71. The Labute approximate surface area is 93.3 Å². The number of carbonyl (C=O) groups excluding carboxylic acids is 1. The lowest BCUT2D eigenvalue weighted by Gasteiger charge is -2.21. The summed E-state index contributed by atoms with van der Waals surface area (Å²) in [6, 6.07) is 3.48. The van der Waals surface area contributed by atoms with Gasteiger partial charge in [0.2, 0.25) is 0 Å². The van der Waals surface area contributed by atoms with Crippen LogP contribution in [-0.4, -0.2) is 24.0 Å². The molecule has 1 fully saturated rings. The second kappa shape index (κ2) is 4.61. The van der Waals surface area contributed by atoms with Gasteiger partial charge in [-0.15, -0.1) is 0 Å². The first kappa shape index (κ1) is 11.1. The van der Waals surface area contributed by atoms with E-state index in [0.29, 0.717) is 0 Å². The van der Waals surface area contributed by atoms with Gasteiger partial charge < -0.3 is 10.4 Å². The van der Waals surface area contributed by atoms with Crippen LogP contribution in [0.15, 0.2) is 18.2 Å². The third-order valence-electron chi connectivity index (χ3n) is 2.93. The molecule has 1 aliphatic heterocycles. The van der Waals surface area contributed by atoms with Gasteiger partial charge >= 0.3 is 0 Å². The van der Waals surface area contributed by atoms with Crippen LogP contribution in [0.4, 0.5) is 4.39 Å². The molecule has 0 bridgehead atoms. The first-order valence-corrected chi connectivity index (χ1v) is 5.42. The van der Waals surface area contributed by atoms with Gasteiger partial charge in [-0.05, 0) is 44.1 Å². The van der Waals surface area contributed by atoms with Crippen LogP contribution >= 0.6 is 0 Å². The summed E-state index contributed by atoms with van der Waals surface area (Å²) in [6.45, 7) is 1.60. The summed E-state index contributed by atoms with van der Waals surface area (Å²) < 4.78 is 13.0. The summed E-state index contributed by atoms with van der Waals surface area (Å²) in [5, 5.41) is 12.7. The Morgan fingerprint density at radius 2 is 2.06 bits per heavy atom. The van der Waals surface area contributed by atoms with Gasteiger partial charge in [0, 0.05) is 5.92 Å². The van der Waals surface area contributed by atoms with E-state index >= 15 is 0 Å². The number of nitrogens with one attached hydrogen (secondary N) is 1.